The Labute approximate surface area is 264 Å². The molecule has 0 saturated carbocycles. The number of benzene rings is 2. The van der Waals surface area contributed by atoms with Crippen molar-refractivity contribution in [3.05, 3.63) is 82.9 Å². The van der Waals surface area contributed by atoms with Crippen molar-refractivity contribution in [3.63, 3.8) is 0 Å². The zero-order chi connectivity index (χ0) is 31.9. The predicted octanol–water partition coefficient (Wildman–Crippen LogP) is 8.06. The molecule has 232 valence electrons. The fourth-order valence-corrected chi connectivity index (χ4v) is 8.59. The van der Waals surface area contributed by atoms with E-state index in [0.29, 0.717) is 16.9 Å². The monoisotopic (exact) mass is 633 g/mol. The minimum Gasteiger partial charge on any atom is -0.429 e. The lowest BCUT2D eigenvalue weighted by atomic mass is 9.81. The zero-order valence-corrected chi connectivity index (χ0v) is 27.9. The molecule has 1 N–H and O–H groups in total. The van der Waals surface area contributed by atoms with E-state index in [-0.39, 0.29) is 15.7 Å². The number of hydrogen-bond acceptors (Lipinski definition) is 6. The molecule has 5 rings (SSSR count). The van der Waals surface area contributed by atoms with Gasteiger partial charge >= 0.3 is 0 Å². The molecule has 7 nitrogen and oxygen atoms in total. The molecular weight excluding hydrogens is 593 g/mol. The maximum absolute atomic E-state index is 12.3. The Balaban J connectivity index is 1.51. The van der Waals surface area contributed by atoms with Crippen LogP contribution < -0.4 is 9.64 Å². The molecule has 2 aliphatic heterocycles. The summed E-state index contributed by atoms with van der Waals surface area (Å²) in [5.41, 5.74) is 5.77. The fraction of sp³-hybridized carbons (Fsp3) is 0.371. The van der Waals surface area contributed by atoms with E-state index in [1.807, 2.05) is 41.8 Å². The molecule has 2 aliphatic rings. The first-order valence-electron chi connectivity index (χ1n) is 15.1. The Bertz CT molecular complexity index is 1840. The van der Waals surface area contributed by atoms with Crippen LogP contribution in [0.2, 0.25) is 0 Å². The Morgan fingerprint density at radius 3 is 2.48 bits per heavy atom. The van der Waals surface area contributed by atoms with Gasteiger partial charge < -0.3 is 9.64 Å². The smallest absolute Gasteiger partial charge is 0.298 e. The minimum absolute atomic E-state index is 0.0347. The van der Waals surface area contributed by atoms with Crippen molar-refractivity contribution >= 4 is 55.1 Å². The summed E-state index contributed by atoms with van der Waals surface area (Å²) in [6, 6.07) is 9.43. The van der Waals surface area contributed by atoms with Gasteiger partial charge in [-0.2, -0.15) is 13.0 Å². The highest BCUT2D eigenvalue weighted by Crippen LogP contribution is 2.53. The summed E-state index contributed by atoms with van der Waals surface area (Å²) in [6.45, 7) is 15.1. The SMILES string of the molecule is CCCC[N+]1=C(/C=C/C=C/C=C2/N(CCC)c3cc(S(=O)(=O)O)c4sccc4c3C2(C)C)C(C)(C)c2cc(OC=O)ccc21. The molecule has 2 aromatic carbocycles. The molecule has 3 heterocycles. The maximum atomic E-state index is 12.3. The molecule has 0 saturated heterocycles. The van der Waals surface area contributed by atoms with Crippen LogP contribution in [0.25, 0.3) is 10.1 Å². The molecule has 0 spiro atoms. The summed E-state index contributed by atoms with van der Waals surface area (Å²) in [5.74, 6) is 0.541. The van der Waals surface area contributed by atoms with Crippen LogP contribution in [0.15, 0.2) is 76.7 Å². The number of carbonyl (C=O) groups is 1. The van der Waals surface area contributed by atoms with E-state index in [1.165, 1.54) is 17.0 Å². The first kappa shape index (κ1) is 31.9. The number of hydrogen-bond donors (Lipinski definition) is 1. The lowest BCUT2D eigenvalue weighted by Gasteiger charge is -2.26. The molecular formula is C35H41N2O5S2+. The summed E-state index contributed by atoms with van der Waals surface area (Å²) in [7, 11) is -4.38. The second-order valence-corrected chi connectivity index (χ2v) is 14.7. The first-order valence-corrected chi connectivity index (χ1v) is 17.4. The molecule has 0 aliphatic carbocycles. The second-order valence-electron chi connectivity index (χ2n) is 12.4. The second kappa shape index (κ2) is 12.1. The standard InChI is InChI=1S/C35H40N2O5S2/c1-7-9-19-37-27-16-15-24(42-23-38)21-26(27)34(3,4)30(37)13-11-10-12-14-31-35(5,6)32-25-17-20-43-33(25)29(44(39,40)41)22-28(32)36(31)18-8-2/h10-17,20-23H,7-9,18-19H2,1-6H3/p+1. The number of ether oxygens (including phenoxy) is 1. The van der Waals surface area contributed by atoms with Gasteiger partial charge in [0.05, 0.1) is 10.1 Å². The molecule has 0 amide bonds. The van der Waals surface area contributed by atoms with Crippen LogP contribution in [0.3, 0.4) is 0 Å². The van der Waals surface area contributed by atoms with Crippen LogP contribution in [-0.2, 0) is 25.7 Å². The Kier molecular flexibility index (Phi) is 8.77. The number of carbonyl (C=O) groups excluding carboxylic acids is 1. The number of nitrogens with zero attached hydrogens (tertiary/aromatic N) is 2. The minimum atomic E-state index is -4.38. The number of unbranched alkanes of at least 4 members (excludes halogenated alkanes) is 1. The topological polar surface area (TPSA) is 86.9 Å². The van der Waals surface area contributed by atoms with E-state index in [1.54, 1.807) is 6.07 Å². The van der Waals surface area contributed by atoms with Gasteiger partial charge in [0.2, 0.25) is 5.69 Å². The van der Waals surface area contributed by atoms with Gasteiger partial charge in [-0.1, -0.05) is 52.3 Å². The van der Waals surface area contributed by atoms with E-state index < -0.39 is 10.1 Å². The first-order chi connectivity index (χ1) is 20.9. The highest BCUT2D eigenvalue weighted by molar-refractivity contribution is 7.86. The largest absolute Gasteiger partial charge is 0.429 e. The van der Waals surface area contributed by atoms with Gasteiger partial charge in [-0.15, -0.1) is 11.3 Å². The van der Waals surface area contributed by atoms with Gasteiger partial charge in [0, 0.05) is 52.9 Å². The average Bonchev–Trinajstić information content (AvgIpc) is 3.58. The van der Waals surface area contributed by atoms with Crippen molar-refractivity contribution in [2.45, 2.75) is 76.5 Å². The van der Waals surface area contributed by atoms with E-state index in [2.05, 4.69) is 69.2 Å². The molecule has 9 heteroatoms. The molecule has 0 unspecified atom stereocenters. The summed E-state index contributed by atoms with van der Waals surface area (Å²) in [4.78, 5) is 13.1. The third-order valence-corrected chi connectivity index (χ3v) is 10.7. The maximum Gasteiger partial charge on any atom is 0.298 e. The van der Waals surface area contributed by atoms with Gasteiger partial charge in [-0.3, -0.25) is 9.35 Å². The van der Waals surface area contributed by atoms with Crippen molar-refractivity contribution in [1.29, 1.82) is 0 Å². The number of rotatable bonds is 11. The van der Waals surface area contributed by atoms with Crippen molar-refractivity contribution in [2.24, 2.45) is 0 Å². The van der Waals surface area contributed by atoms with Gasteiger partial charge in [-0.05, 0) is 61.6 Å². The van der Waals surface area contributed by atoms with Crippen LogP contribution >= 0.6 is 11.3 Å². The lowest BCUT2D eigenvalue weighted by Crippen LogP contribution is -2.27. The number of fused-ring (bicyclic) bond motifs is 4. The molecule has 0 fully saturated rings. The van der Waals surface area contributed by atoms with Crippen LogP contribution in [0.4, 0.5) is 11.4 Å². The van der Waals surface area contributed by atoms with Gasteiger partial charge in [0.1, 0.15) is 17.2 Å². The molecule has 0 bridgehead atoms. The quantitative estimate of drug-likeness (QED) is 0.0995. The van der Waals surface area contributed by atoms with Gasteiger partial charge in [-0.25, -0.2) is 0 Å². The number of thiophene rings is 1. The third kappa shape index (κ3) is 5.46. The Hall–Kier alpha value is -3.53. The van der Waals surface area contributed by atoms with Crippen molar-refractivity contribution < 1.29 is 27.1 Å². The van der Waals surface area contributed by atoms with E-state index in [4.69, 9.17) is 4.74 Å². The summed E-state index contributed by atoms with van der Waals surface area (Å²) in [5, 5.41) is 2.75. The number of anilines is 1. The predicted molar refractivity (Wildman–Crippen MR) is 180 cm³/mol. The van der Waals surface area contributed by atoms with Crippen LogP contribution in [0, 0.1) is 0 Å². The molecule has 1 aromatic heterocycles. The zero-order valence-electron chi connectivity index (χ0n) is 26.3. The fourth-order valence-electron chi connectivity index (χ4n) is 6.71. The molecule has 0 atom stereocenters. The number of allylic oxidation sites excluding steroid dienone is 6. The summed E-state index contributed by atoms with van der Waals surface area (Å²) >= 11 is 1.33. The van der Waals surface area contributed by atoms with Gasteiger partial charge in [0.25, 0.3) is 16.6 Å². The van der Waals surface area contributed by atoms with Crippen molar-refractivity contribution in [2.75, 3.05) is 18.0 Å². The highest BCUT2D eigenvalue weighted by Gasteiger charge is 2.45. The average molecular weight is 634 g/mol. The normalized spacial score (nSPS) is 18.2. The lowest BCUT2D eigenvalue weighted by molar-refractivity contribution is -0.438. The Morgan fingerprint density at radius 1 is 1.02 bits per heavy atom. The third-order valence-electron chi connectivity index (χ3n) is 8.77. The molecule has 3 aromatic rings. The van der Waals surface area contributed by atoms with E-state index in [9.17, 15) is 17.8 Å². The molecule has 44 heavy (non-hydrogen) atoms. The van der Waals surface area contributed by atoms with Crippen LogP contribution in [0.5, 0.6) is 5.75 Å². The van der Waals surface area contributed by atoms with E-state index >= 15 is 0 Å². The molecule has 0 radical (unpaired) electrons. The summed E-state index contributed by atoms with van der Waals surface area (Å²) in [6.07, 6.45) is 13.4. The van der Waals surface area contributed by atoms with Crippen molar-refractivity contribution in [3.8, 4) is 5.75 Å². The summed E-state index contributed by atoms with van der Waals surface area (Å²) < 4.78 is 42.8. The highest BCUT2D eigenvalue weighted by atomic mass is 32.2. The van der Waals surface area contributed by atoms with Crippen molar-refractivity contribution in [1.82, 2.24) is 0 Å². The van der Waals surface area contributed by atoms with Crippen LogP contribution in [0.1, 0.15) is 71.9 Å². The van der Waals surface area contributed by atoms with Crippen LogP contribution in [-0.4, -0.2) is 42.8 Å². The Morgan fingerprint density at radius 2 is 1.80 bits per heavy atom. The van der Waals surface area contributed by atoms with Gasteiger partial charge in [0.15, 0.2) is 5.71 Å². The van der Waals surface area contributed by atoms with E-state index in [0.717, 1.165) is 65.9 Å².